The standard InChI is InChI=1S/C16H24N2O3/c1-15(2,3)11-8-12-17-16(5-4-6-16)9-7-10(19)14(20)13(9)18(12)21-11/h8-10,13-14,19-20H,4-7H2,1-3H3/t9-,10-,13-,14-/m0/s1. The van der Waals surface area contributed by atoms with Gasteiger partial charge < -0.3 is 15.1 Å². The quantitative estimate of drug-likeness (QED) is 0.712. The summed E-state index contributed by atoms with van der Waals surface area (Å²) in [5.74, 6) is 1.90. The van der Waals surface area contributed by atoms with Crippen molar-refractivity contribution < 1.29 is 15.1 Å². The molecule has 0 aromatic carbocycles. The fourth-order valence-electron chi connectivity index (χ4n) is 4.19. The second kappa shape index (κ2) is 4.02. The molecular formula is C16H24N2O3. The molecule has 4 atom stereocenters. The second-order valence-electron chi connectivity index (χ2n) is 7.99. The van der Waals surface area contributed by atoms with Crippen LogP contribution >= 0.6 is 0 Å². The van der Waals surface area contributed by atoms with Gasteiger partial charge >= 0.3 is 0 Å². The third-order valence-corrected chi connectivity index (χ3v) is 5.59. The zero-order valence-electron chi connectivity index (χ0n) is 12.9. The van der Waals surface area contributed by atoms with Gasteiger partial charge in [0.1, 0.15) is 17.9 Å². The van der Waals surface area contributed by atoms with Gasteiger partial charge in [-0.2, -0.15) is 5.06 Å². The molecule has 0 aromatic heterocycles. The molecule has 5 nitrogen and oxygen atoms in total. The van der Waals surface area contributed by atoms with Crippen molar-refractivity contribution in [2.75, 3.05) is 0 Å². The fourth-order valence-corrected chi connectivity index (χ4v) is 4.19. The van der Waals surface area contributed by atoms with Gasteiger partial charge in [-0.3, -0.25) is 4.99 Å². The number of aliphatic hydroxyl groups is 2. The van der Waals surface area contributed by atoms with Crippen molar-refractivity contribution in [3.05, 3.63) is 11.8 Å². The molecule has 0 aromatic rings. The number of fused-ring (bicyclic) bond motifs is 4. The van der Waals surface area contributed by atoms with E-state index in [9.17, 15) is 10.2 Å². The summed E-state index contributed by atoms with van der Waals surface area (Å²) in [7, 11) is 0. The molecule has 2 aliphatic carbocycles. The molecule has 4 aliphatic rings. The predicted molar refractivity (Wildman–Crippen MR) is 78.4 cm³/mol. The molecule has 2 heterocycles. The lowest BCUT2D eigenvalue weighted by Crippen LogP contribution is -2.59. The van der Waals surface area contributed by atoms with Crippen LogP contribution in [-0.4, -0.2) is 44.9 Å². The number of allylic oxidation sites excluding steroid dienone is 1. The molecule has 2 aliphatic heterocycles. The van der Waals surface area contributed by atoms with Crippen LogP contribution in [0.4, 0.5) is 0 Å². The predicted octanol–water partition coefficient (Wildman–Crippen LogP) is 1.61. The number of hydrogen-bond acceptors (Lipinski definition) is 5. The highest BCUT2D eigenvalue weighted by atomic mass is 16.7. The van der Waals surface area contributed by atoms with Crippen LogP contribution in [0.25, 0.3) is 0 Å². The smallest absolute Gasteiger partial charge is 0.163 e. The highest BCUT2D eigenvalue weighted by Crippen LogP contribution is 2.54. The monoisotopic (exact) mass is 292 g/mol. The molecule has 0 radical (unpaired) electrons. The SMILES string of the molecule is CC(C)(C)C1=CC2=NC3(CCC3)[C@H]3C[C@H](O)[C@H](O)[C@H]3N2O1. The van der Waals surface area contributed by atoms with Crippen LogP contribution in [0.3, 0.4) is 0 Å². The van der Waals surface area contributed by atoms with Crippen LogP contribution in [0, 0.1) is 11.3 Å². The molecule has 1 spiro atoms. The van der Waals surface area contributed by atoms with Crippen molar-refractivity contribution in [3.63, 3.8) is 0 Å². The summed E-state index contributed by atoms with van der Waals surface area (Å²) in [6.07, 6.45) is 4.50. The summed E-state index contributed by atoms with van der Waals surface area (Å²) < 4.78 is 0. The number of rotatable bonds is 0. The van der Waals surface area contributed by atoms with Crippen LogP contribution in [0.5, 0.6) is 0 Å². The Bertz CT molecular complexity index is 530. The van der Waals surface area contributed by atoms with Crippen molar-refractivity contribution in [3.8, 4) is 0 Å². The Kier molecular flexibility index (Phi) is 2.60. The maximum absolute atomic E-state index is 10.4. The zero-order valence-corrected chi connectivity index (χ0v) is 12.9. The van der Waals surface area contributed by atoms with Gasteiger partial charge in [-0.1, -0.05) is 20.8 Å². The summed E-state index contributed by atoms with van der Waals surface area (Å²) in [5, 5.41) is 22.3. The second-order valence-corrected chi connectivity index (χ2v) is 7.99. The van der Waals surface area contributed by atoms with Gasteiger partial charge in [0, 0.05) is 17.4 Å². The first-order chi connectivity index (χ1) is 9.82. The topological polar surface area (TPSA) is 65.3 Å². The fraction of sp³-hybridized carbons (Fsp3) is 0.812. The van der Waals surface area contributed by atoms with Gasteiger partial charge in [0.25, 0.3) is 0 Å². The highest BCUT2D eigenvalue weighted by molar-refractivity contribution is 5.95. The Morgan fingerprint density at radius 3 is 2.62 bits per heavy atom. The molecule has 116 valence electrons. The minimum Gasteiger partial charge on any atom is -0.390 e. The third-order valence-electron chi connectivity index (χ3n) is 5.59. The van der Waals surface area contributed by atoms with Crippen molar-refractivity contribution >= 4 is 5.84 Å². The largest absolute Gasteiger partial charge is 0.390 e. The first-order valence-corrected chi connectivity index (χ1v) is 7.97. The minimum atomic E-state index is -0.759. The maximum atomic E-state index is 10.4. The normalized spacial score (nSPS) is 40.1. The molecule has 2 fully saturated rings. The number of amidine groups is 1. The van der Waals surface area contributed by atoms with Crippen molar-refractivity contribution in [2.45, 2.75) is 70.2 Å². The lowest BCUT2D eigenvalue weighted by Gasteiger charge is -2.50. The van der Waals surface area contributed by atoms with E-state index in [4.69, 9.17) is 9.83 Å². The number of hydrogen-bond donors (Lipinski definition) is 2. The van der Waals surface area contributed by atoms with E-state index >= 15 is 0 Å². The Morgan fingerprint density at radius 2 is 2.05 bits per heavy atom. The molecule has 4 rings (SSSR count). The number of nitrogens with zero attached hydrogens (tertiary/aromatic N) is 2. The van der Waals surface area contributed by atoms with E-state index in [1.165, 1.54) is 6.42 Å². The number of aliphatic imine (C=N–C) groups is 1. The van der Waals surface area contributed by atoms with Gasteiger partial charge in [0.15, 0.2) is 5.84 Å². The minimum absolute atomic E-state index is 0.0812. The molecule has 2 N–H and O–H groups in total. The lowest BCUT2D eigenvalue weighted by atomic mass is 9.65. The van der Waals surface area contributed by atoms with Crippen LogP contribution in [0.15, 0.2) is 16.8 Å². The first-order valence-electron chi connectivity index (χ1n) is 7.97. The van der Waals surface area contributed by atoms with E-state index in [-0.39, 0.29) is 22.9 Å². The molecule has 21 heavy (non-hydrogen) atoms. The third kappa shape index (κ3) is 1.73. The van der Waals surface area contributed by atoms with Gasteiger partial charge in [-0.05, 0) is 25.7 Å². The van der Waals surface area contributed by atoms with E-state index in [1.807, 2.05) is 6.08 Å². The Hall–Kier alpha value is -1.07. The van der Waals surface area contributed by atoms with Crippen molar-refractivity contribution in [1.29, 1.82) is 0 Å². The van der Waals surface area contributed by atoms with Gasteiger partial charge in [-0.15, -0.1) is 0 Å². The molecule has 0 amide bonds. The summed E-state index contributed by atoms with van der Waals surface area (Å²) in [4.78, 5) is 11.0. The van der Waals surface area contributed by atoms with Crippen LogP contribution in [0.1, 0.15) is 46.5 Å². The molecule has 5 heteroatoms. The van der Waals surface area contributed by atoms with Crippen molar-refractivity contribution in [1.82, 2.24) is 5.06 Å². The highest BCUT2D eigenvalue weighted by Gasteiger charge is 2.61. The van der Waals surface area contributed by atoms with E-state index < -0.39 is 12.2 Å². The van der Waals surface area contributed by atoms with E-state index in [2.05, 4.69) is 20.8 Å². The molecular weight excluding hydrogens is 268 g/mol. The summed E-state index contributed by atoms with van der Waals surface area (Å²) >= 11 is 0. The average molecular weight is 292 g/mol. The van der Waals surface area contributed by atoms with Crippen LogP contribution in [0.2, 0.25) is 0 Å². The average Bonchev–Trinajstić information content (AvgIpc) is 2.88. The number of aliphatic hydroxyl groups excluding tert-OH is 2. The molecule has 0 saturated heterocycles. The van der Waals surface area contributed by atoms with Gasteiger partial charge in [-0.25, -0.2) is 0 Å². The summed E-state index contributed by atoms with van der Waals surface area (Å²) in [6, 6.07) is -0.177. The Labute approximate surface area is 125 Å². The summed E-state index contributed by atoms with van der Waals surface area (Å²) in [6.45, 7) is 6.32. The van der Waals surface area contributed by atoms with Crippen LogP contribution < -0.4 is 0 Å². The Morgan fingerprint density at radius 1 is 1.33 bits per heavy atom. The zero-order chi connectivity index (χ0) is 15.0. The van der Waals surface area contributed by atoms with Crippen molar-refractivity contribution in [2.24, 2.45) is 16.3 Å². The maximum Gasteiger partial charge on any atom is 0.163 e. The molecule has 0 bridgehead atoms. The van der Waals surface area contributed by atoms with Crippen LogP contribution in [-0.2, 0) is 4.84 Å². The number of hydroxylamine groups is 2. The van der Waals surface area contributed by atoms with E-state index in [1.54, 1.807) is 5.06 Å². The Balaban J connectivity index is 1.75. The summed E-state index contributed by atoms with van der Waals surface area (Å²) in [5.41, 5.74) is -0.174. The van der Waals surface area contributed by atoms with Gasteiger partial charge in [0.2, 0.25) is 0 Å². The molecule has 2 saturated carbocycles. The van der Waals surface area contributed by atoms with Gasteiger partial charge in [0.05, 0.1) is 11.6 Å². The lowest BCUT2D eigenvalue weighted by molar-refractivity contribution is -0.147. The van der Waals surface area contributed by atoms with E-state index in [0.29, 0.717) is 6.42 Å². The first kappa shape index (κ1) is 13.6. The van der Waals surface area contributed by atoms with E-state index in [0.717, 1.165) is 24.4 Å². The molecule has 0 unspecified atom stereocenters.